The summed E-state index contributed by atoms with van der Waals surface area (Å²) in [6.07, 6.45) is 1.48. The number of carbonyl (C=O) groups excluding carboxylic acids is 1. The lowest BCUT2D eigenvalue weighted by molar-refractivity contribution is -0.137. The third-order valence-electron chi connectivity index (χ3n) is 3.11. The van der Waals surface area contributed by atoms with Crippen LogP contribution in [0.1, 0.15) is 40.7 Å². The molecule has 1 aromatic carbocycles. The van der Waals surface area contributed by atoms with Gasteiger partial charge in [0.05, 0.1) is 6.04 Å². The van der Waals surface area contributed by atoms with Crippen LogP contribution in [0.2, 0.25) is 0 Å². The van der Waals surface area contributed by atoms with Crippen LogP contribution in [0.15, 0.2) is 41.1 Å². The molecular formula is C15H16N2O4. The van der Waals surface area contributed by atoms with Crippen molar-refractivity contribution >= 4 is 11.9 Å². The fraction of sp³-hybridized carbons (Fsp3) is 0.267. The number of aromatic nitrogens is 1. The van der Waals surface area contributed by atoms with Crippen LogP contribution < -0.4 is 5.32 Å². The lowest BCUT2D eigenvalue weighted by atomic mass is 10.0. The highest BCUT2D eigenvalue weighted by molar-refractivity contribution is 5.93. The van der Waals surface area contributed by atoms with Gasteiger partial charge in [-0.05, 0) is 18.9 Å². The number of benzene rings is 1. The van der Waals surface area contributed by atoms with Gasteiger partial charge in [-0.1, -0.05) is 30.3 Å². The first kappa shape index (κ1) is 14.8. The molecule has 1 atom stereocenters. The number of carboxylic acid groups (broad SMARTS) is 1. The highest BCUT2D eigenvalue weighted by Gasteiger charge is 2.20. The summed E-state index contributed by atoms with van der Waals surface area (Å²) in [6, 6.07) is 8.87. The zero-order chi connectivity index (χ0) is 15.2. The van der Waals surface area contributed by atoms with E-state index < -0.39 is 5.97 Å². The molecule has 0 aliphatic heterocycles. The quantitative estimate of drug-likeness (QED) is 0.851. The van der Waals surface area contributed by atoms with E-state index in [1.165, 1.54) is 6.39 Å². The first-order chi connectivity index (χ1) is 10.1. The van der Waals surface area contributed by atoms with Gasteiger partial charge >= 0.3 is 5.97 Å². The second-order valence-electron chi connectivity index (χ2n) is 4.63. The molecule has 0 saturated heterocycles. The molecule has 0 aliphatic rings. The minimum absolute atomic E-state index is 0.0301. The normalized spacial score (nSPS) is 11.9. The van der Waals surface area contributed by atoms with Gasteiger partial charge in [0, 0.05) is 6.42 Å². The molecular weight excluding hydrogens is 272 g/mol. The molecule has 0 spiro atoms. The number of nitrogens with zero attached hydrogens (tertiary/aromatic N) is 1. The third-order valence-corrected chi connectivity index (χ3v) is 3.11. The summed E-state index contributed by atoms with van der Waals surface area (Å²) in [5.41, 5.74) is 1.07. The minimum atomic E-state index is -0.900. The molecule has 0 bridgehead atoms. The molecule has 0 fully saturated rings. The number of aliphatic carboxylic acids is 1. The van der Waals surface area contributed by atoms with E-state index in [9.17, 15) is 9.59 Å². The average molecular weight is 288 g/mol. The molecule has 1 amide bonds. The van der Waals surface area contributed by atoms with Gasteiger partial charge < -0.3 is 14.8 Å². The number of rotatable bonds is 6. The van der Waals surface area contributed by atoms with Gasteiger partial charge in [-0.3, -0.25) is 9.59 Å². The maximum Gasteiger partial charge on any atom is 0.303 e. The van der Waals surface area contributed by atoms with Crippen molar-refractivity contribution in [3.8, 4) is 0 Å². The SMILES string of the molecule is Cc1ocnc1C(=O)NC(CCC(=O)O)c1ccccc1. The summed E-state index contributed by atoms with van der Waals surface area (Å²) < 4.78 is 5.01. The van der Waals surface area contributed by atoms with Crippen molar-refractivity contribution in [2.24, 2.45) is 0 Å². The number of hydrogen-bond acceptors (Lipinski definition) is 4. The monoisotopic (exact) mass is 288 g/mol. The highest BCUT2D eigenvalue weighted by atomic mass is 16.4. The smallest absolute Gasteiger partial charge is 0.303 e. The molecule has 0 aliphatic carbocycles. The van der Waals surface area contributed by atoms with E-state index in [1.807, 2.05) is 30.3 Å². The maximum atomic E-state index is 12.2. The van der Waals surface area contributed by atoms with Gasteiger partial charge in [0.1, 0.15) is 5.76 Å². The zero-order valence-corrected chi connectivity index (χ0v) is 11.6. The second-order valence-corrected chi connectivity index (χ2v) is 4.63. The topological polar surface area (TPSA) is 92.4 Å². The average Bonchev–Trinajstić information content (AvgIpc) is 2.90. The van der Waals surface area contributed by atoms with Crippen molar-refractivity contribution < 1.29 is 19.1 Å². The number of nitrogens with one attached hydrogen (secondary N) is 1. The van der Waals surface area contributed by atoms with E-state index in [1.54, 1.807) is 6.92 Å². The Balaban J connectivity index is 2.14. The standard InChI is InChI=1S/C15H16N2O4/c1-10-14(16-9-21-10)15(20)17-12(7-8-13(18)19)11-5-3-2-4-6-11/h2-6,9,12H,7-8H2,1H3,(H,17,20)(H,18,19). The predicted molar refractivity (Wildman–Crippen MR) is 74.8 cm³/mol. The van der Waals surface area contributed by atoms with Crippen molar-refractivity contribution in [2.45, 2.75) is 25.8 Å². The second kappa shape index (κ2) is 6.69. The van der Waals surface area contributed by atoms with Crippen LogP contribution in [-0.2, 0) is 4.79 Å². The van der Waals surface area contributed by atoms with Crippen LogP contribution in [0.3, 0.4) is 0 Å². The third kappa shape index (κ3) is 3.92. The van der Waals surface area contributed by atoms with Crippen LogP contribution >= 0.6 is 0 Å². The van der Waals surface area contributed by atoms with Gasteiger partial charge in [-0.15, -0.1) is 0 Å². The molecule has 1 heterocycles. The number of hydrogen-bond donors (Lipinski definition) is 2. The fourth-order valence-electron chi connectivity index (χ4n) is 2.03. The molecule has 2 aromatic rings. The molecule has 21 heavy (non-hydrogen) atoms. The summed E-state index contributed by atoms with van der Waals surface area (Å²) in [6.45, 7) is 1.65. The first-order valence-electron chi connectivity index (χ1n) is 6.55. The Morgan fingerprint density at radius 1 is 1.33 bits per heavy atom. The van der Waals surface area contributed by atoms with Gasteiger partial charge in [0.25, 0.3) is 5.91 Å². The van der Waals surface area contributed by atoms with E-state index in [4.69, 9.17) is 9.52 Å². The van der Waals surface area contributed by atoms with Gasteiger partial charge in [0.15, 0.2) is 12.1 Å². The molecule has 2 rings (SSSR count). The summed E-state index contributed by atoms with van der Waals surface area (Å²) >= 11 is 0. The minimum Gasteiger partial charge on any atom is -0.481 e. The number of amides is 1. The molecule has 2 N–H and O–H groups in total. The summed E-state index contributed by atoms with van der Waals surface area (Å²) in [5.74, 6) is -0.846. The van der Waals surface area contributed by atoms with Crippen molar-refractivity contribution in [3.63, 3.8) is 0 Å². The van der Waals surface area contributed by atoms with E-state index in [-0.39, 0.29) is 24.1 Å². The van der Waals surface area contributed by atoms with Crippen LogP contribution in [0, 0.1) is 6.92 Å². The Bertz CT molecular complexity index is 622. The van der Waals surface area contributed by atoms with Gasteiger partial charge in [-0.25, -0.2) is 4.98 Å². The molecule has 0 saturated carbocycles. The van der Waals surface area contributed by atoms with Gasteiger partial charge in [-0.2, -0.15) is 0 Å². The Morgan fingerprint density at radius 2 is 2.05 bits per heavy atom. The molecule has 6 heteroatoms. The number of carboxylic acids is 1. The van der Waals surface area contributed by atoms with Crippen molar-refractivity contribution in [1.82, 2.24) is 10.3 Å². The molecule has 1 unspecified atom stereocenters. The first-order valence-corrected chi connectivity index (χ1v) is 6.55. The Morgan fingerprint density at radius 3 is 2.62 bits per heavy atom. The maximum absolute atomic E-state index is 12.2. The number of oxazole rings is 1. The summed E-state index contributed by atoms with van der Waals surface area (Å²) in [4.78, 5) is 26.8. The lowest BCUT2D eigenvalue weighted by Crippen LogP contribution is -2.29. The van der Waals surface area contributed by atoms with E-state index in [2.05, 4.69) is 10.3 Å². The van der Waals surface area contributed by atoms with Gasteiger partial charge in [0.2, 0.25) is 0 Å². The van der Waals surface area contributed by atoms with Crippen LogP contribution in [0.25, 0.3) is 0 Å². The molecule has 0 radical (unpaired) electrons. The van der Waals surface area contributed by atoms with Crippen molar-refractivity contribution in [1.29, 1.82) is 0 Å². The molecule has 6 nitrogen and oxygen atoms in total. The van der Waals surface area contributed by atoms with Crippen molar-refractivity contribution in [3.05, 3.63) is 53.7 Å². The molecule has 1 aromatic heterocycles. The summed E-state index contributed by atoms with van der Waals surface area (Å²) in [7, 11) is 0. The zero-order valence-electron chi connectivity index (χ0n) is 11.6. The predicted octanol–water partition coefficient (Wildman–Crippen LogP) is 2.32. The fourth-order valence-corrected chi connectivity index (χ4v) is 2.03. The van der Waals surface area contributed by atoms with E-state index >= 15 is 0 Å². The summed E-state index contributed by atoms with van der Waals surface area (Å²) in [5, 5.41) is 11.6. The number of aryl methyl sites for hydroxylation is 1. The van der Waals surface area contributed by atoms with Crippen LogP contribution in [-0.4, -0.2) is 22.0 Å². The van der Waals surface area contributed by atoms with Crippen LogP contribution in [0.4, 0.5) is 0 Å². The van der Waals surface area contributed by atoms with E-state index in [0.29, 0.717) is 12.2 Å². The lowest BCUT2D eigenvalue weighted by Gasteiger charge is -2.18. The van der Waals surface area contributed by atoms with Crippen molar-refractivity contribution in [2.75, 3.05) is 0 Å². The van der Waals surface area contributed by atoms with E-state index in [0.717, 1.165) is 5.56 Å². The Hall–Kier alpha value is -2.63. The number of carbonyl (C=O) groups is 2. The Kier molecular flexibility index (Phi) is 4.71. The molecule has 110 valence electrons. The van der Waals surface area contributed by atoms with Crippen LogP contribution in [0.5, 0.6) is 0 Å². The highest BCUT2D eigenvalue weighted by Crippen LogP contribution is 2.19. The largest absolute Gasteiger partial charge is 0.481 e. The Labute approximate surface area is 121 Å².